The van der Waals surface area contributed by atoms with Crippen molar-refractivity contribution in [1.82, 2.24) is 20.4 Å². The highest BCUT2D eigenvalue weighted by Gasteiger charge is 2.13. The lowest BCUT2D eigenvalue weighted by Crippen LogP contribution is -1.85. The topological polar surface area (TPSA) is 87.1 Å². The molecule has 0 fully saturated rings. The molecule has 8 aromatic rings. The molecular weight excluding hydrogens is 536 g/mol. The first kappa shape index (κ1) is 24.7. The predicted molar refractivity (Wildman–Crippen MR) is 165 cm³/mol. The van der Waals surface area contributed by atoms with Gasteiger partial charge in [0.15, 0.2) is 0 Å². The second kappa shape index (κ2) is 10.4. The molecule has 0 unspecified atom stereocenters. The zero-order valence-corrected chi connectivity index (χ0v) is 22.7. The van der Waals surface area contributed by atoms with Crippen LogP contribution in [0.15, 0.2) is 142 Å². The van der Waals surface area contributed by atoms with Crippen molar-refractivity contribution in [3.05, 3.63) is 133 Å². The number of fused-ring (bicyclic) bond motifs is 2. The van der Waals surface area contributed by atoms with E-state index in [-0.39, 0.29) is 0 Å². The molecule has 0 saturated carbocycles. The molecule has 43 heavy (non-hydrogen) atoms. The van der Waals surface area contributed by atoms with Gasteiger partial charge < -0.3 is 13.6 Å². The third kappa shape index (κ3) is 4.89. The van der Waals surface area contributed by atoms with E-state index in [0.29, 0.717) is 35.1 Å². The summed E-state index contributed by atoms with van der Waals surface area (Å²) in [4.78, 5) is 0. The van der Waals surface area contributed by atoms with Crippen molar-refractivity contribution >= 4 is 21.5 Å². The van der Waals surface area contributed by atoms with E-state index in [1.165, 1.54) is 0 Å². The summed E-state index contributed by atoms with van der Waals surface area (Å²) in [6.45, 7) is 0. The average Bonchev–Trinajstić information content (AvgIpc) is 3.77. The molecule has 0 saturated heterocycles. The standard InChI is InChI=1S/C36H22N4O3/c1-3-7-27-21-29(11-9-23(27)5-1)35-39-37-33(42-35)25-13-17-31(18-14-25)41-32-19-15-26(16-20-32)34-38-40-36(43-34)30-12-10-24-6-2-4-8-28(24)22-30/h1-22H. The third-order valence-electron chi connectivity index (χ3n) is 7.28. The Kier molecular flexibility index (Phi) is 5.97. The van der Waals surface area contributed by atoms with Crippen molar-refractivity contribution in [3.8, 4) is 57.3 Å². The molecule has 0 spiro atoms. The highest BCUT2D eigenvalue weighted by molar-refractivity contribution is 5.87. The molecule has 204 valence electrons. The van der Waals surface area contributed by atoms with Crippen molar-refractivity contribution in [2.45, 2.75) is 0 Å². The molecule has 0 radical (unpaired) electrons. The molecule has 0 amide bonds. The van der Waals surface area contributed by atoms with Crippen LogP contribution in [0.2, 0.25) is 0 Å². The van der Waals surface area contributed by atoms with Gasteiger partial charge in [-0.05, 0) is 94.3 Å². The van der Waals surface area contributed by atoms with Gasteiger partial charge in [-0.25, -0.2) is 0 Å². The molecule has 2 aromatic heterocycles. The number of nitrogens with zero attached hydrogens (tertiary/aromatic N) is 4. The van der Waals surface area contributed by atoms with Gasteiger partial charge in [0, 0.05) is 22.3 Å². The Morgan fingerprint density at radius 2 is 0.698 bits per heavy atom. The average molecular weight is 559 g/mol. The van der Waals surface area contributed by atoms with E-state index < -0.39 is 0 Å². The monoisotopic (exact) mass is 558 g/mol. The quantitative estimate of drug-likeness (QED) is 0.201. The summed E-state index contributed by atoms with van der Waals surface area (Å²) in [5.41, 5.74) is 3.37. The van der Waals surface area contributed by atoms with Gasteiger partial charge in [0.05, 0.1) is 0 Å². The maximum Gasteiger partial charge on any atom is 0.248 e. The van der Waals surface area contributed by atoms with Crippen LogP contribution in [0.25, 0.3) is 67.4 Å². The van der Waals surface area contributed by atoms with Gasteiger partial charge >= 0.3 is 0 Å². The minimum absolute atomic E-state index is 0.446. The fraction of sp³-hybridized carbons (Fsp3) is 0. The summed E-state index contributed by atoms with van der Waals surface area (Å²) in [7, 11) is 0. The van der Waals surface area contributed by atoms with Gasteiger partial charge in [0.1, 0.15) is 11.5 Å². The Hall–Kier alpha value is -6.08. The molecule has 7 nitrogen and oxygen atoms in total. The van der Waals surface area contributed by atoms with Gasteiger partial charge in [0.25, 0.3) is 0 Å². The predicted octanol–water partition coefficient (Wildman–Crippen LogP) is 9.22. The Morgan fingerprint density at radius 1 is 0.349 bits per heavy atom. The molecule has 0 atom stereocenters. The minimum atomic E-state index is 0.446. The number of hydrogen-bond acceptors (Lipinski definition) is 7. The van der Waals surface area contributed by atoms with E-state index in [4.69, 9.17) is 13.6 Å². The first-order chi connectivity index (χ1) is 21.2. The number of benzene rings is 6. The smallest absolute Gasteiger partial charge is 0.248 e. The van der Waals surface area contributed by atoms with Crippen LogP contribution in [-0.2, 0) is 0 Å². The van der Waals surface area contributed by atoms with E-state index >= 15 is 0 Å². The first-order valence-electron chi connectivity index (χ1n) is 13.8. The zero-order chi connectivity index (χ0) is 28.6. The van der Waals surface area contributed by atoms with Crippen LogP contribution in [-0.4, -0.2) is 20.4 Å². The largest absolute Gasteiger partial charge is 0.457 e. The number of aromatic nitrogens is 4. The molecule has 8 rings (SSSR count). The van der Waals surface area contributed by atoms with E-state index in [1.54, 1.807) is 0 Å². The molecule has 7 heteroatoms. The maximum absolute atomic E-state index is 6.06. The van der Waals surface area contributed by atoms with Crippen molar-refractivity contribution in [1.29, 1.82) is 0 Å². The molecule has 0 bridgehead atoms. The van der Waals surface area contributed by atoms with Gasteiger partial charge in [-0.1, -0.05) is 60.7 Å². The van der Waals surface area contributed by atoms with Crippen molar-refractivity contribution in [3.63, 3.8) is 0 Å². The molecular formula is C36H22N4O3. The summed E-state index contributed by atoms with van der Waals surface area (Å²) in [6.07, 6.45) is 0. The van der Waals surface area contributed by atoms with E-state index in [1.807, 2.05) is 84.9 Å². The summed E-state index contributed by atoms with van der Waals surface area (Å²) in [5.74, 6) is 3.21. The lowest BCUT2D eigenvalue weighted by Gasteiger charge is -2.06. The van der Waals surface area contributed by atoms with Crippen LogP contribution in [0, 0.1) is 0 Å². The molecule has 0 N–H and O–H groups in total. The SMILES string of the molecule is c1ccc2cc(-c3nnc(-c4ccc(Oc5ccc(-c6nnc(-c7ccc8ccccc8c7)o6)cc5)cc4)o3)ccc2c1. The van der Waals surface area contributed by atoms with E-state index in [0.717, 1.165) is 43.8 Å². The van der Waals surface area contributed by atoms with E-state index in [2.05, 4.69) is 68.9 Å². The molecule has 2 heterocycles. The van der Waals surface area contributed by atoms with E-state index in [9.17, 15) is 0 Å². The summed E-state index contributed by atoms with van der Waals surface area (Å²) in [6, 6.07) is 43.6. The zero-order valence-electron chi connectivity index (χ0n) is 22.7. The van der Waals surface area contributed by atoms with Crippen molar-refractivity contribution < 1.29 is 13.6 Å². The van der Waals surface area contributed by atoms with Crippen LogP contribution in [0.1, 0.15) is 0 Å². The lowest BCUT2D eigenvalue weighted by molar-refractivity contribution is 0.482. The normalized spacial score (nSPS) is 11.3. The second-order valence-electron chi connectivity index (χ2n) is 10.1. The minimum Gasteiger partial charge on any atom is -0.457 e. The van der Waals surface area contributed by atoms with Crippen molar-refractivity contribution in [2.24, 2.45) is 0 Å². The fourth-order valence-corrected chi connectivity index (χ4v) is 5.02. The fourth-order valence-electron chi connectivity index (χ4n) is 5.02. The summed E-state index contributed by atoms with van der Waals surface area (Å²) < 4.78 is 18.0. The number of rotatable bonds is 6. The van der Waals surface area contributed by atoms with Crippen LogP contribution in [0.5, 0.6) is 11.5 Å². The Morgan fingerprint density at radius 3 is 1.12 bits per heavy atom. The van der Waals surface area contributed by atoms with Gasteiger partial charge in [-0.2, -0.15) is 0 Å². The highest BCUT2D eigenvalue weighted by Crippen LogP contribution is 2.31. The third-order valence-corrected chi connectivity index (χ3v) is 7.28. The number of hydrogen-bond donors (Lipinski definition) is 0. The van der Waals surface area contributed by atoms with Gasteiger partial charge in [0.2, 0.25) is 23.6 Å². The molecule has 0 aliphatic carbocycles. The van der Waals surface area contributed by atoms with Crippen LogP contribution < -0.4 is 4.74 Å². The van der Waals surface area contributed by atoms with Gasteiger partial charge in [-0.3, -0.25) is 0 Å². The summed E-state index contributed by atoms with van der Waals surface area (Å²) >= 11 is 0. The highest BCUT2D eigenvalue weighted by atomic mass is 16.5. The van der Waals surface area contributed by atoms with Crippen LogP contribution in [0.4, 0.5) is 0 Å². The van der Waals surface area contributed by atoms with Gasteiger partial charge in [-0.15, -0.1) is 20.4 Å². The Bertz CT molecular complexity index is 2060. The first-order valence-corrected chi connectivity index (χ1v) is 13.8. The second-order valence-corrected chi connectivity index (χ2v) is 10.1. The maximum atomic E-state index is 6.06. The van der Waals surface area contributed by atoms with Crippen LogP contribution >= 0.6 is 0 Å². The Labute approximate surface area is 246 Å². The molecule has 0 aliphatic rings. The number of ether oxygens (including phenoxy) is 1. The molecule has 0 aliphatic heterocycles. The molecule has 6 aromatic carbocycles. The lowest BCUT2D eigenvalue weighted by atomic mass is 10.1. The summed E-state index contributed by atoms with van der Waals surface area (Å²) in [5, 5.41) is 21.6. The Balaban J connectivity index is 0.950. The van der Waals surface area contributed by atoms with Crippen molar-refractivity contribution in [2.75, 3.05) is 0 Å². The van der Waals surface area contributed by atoms with Crippen LogP contribution in [0.3, 0.4) is 0 Å².